The summed E-state index contributed by atoms with van der Waals surface area (Å²) in [6.07, 6.45) is 1.99. The topological polar surface area (TPSA) is 40.6 Å². The van der Waals surface area contributed by atoms with E-state index in [0.29, 0.717) is 0 Å². The fourth-order valence-corrected chi connectivity index (χ4v) is 8.69. The minimum Gasteiger partial charge on any atom is -0.373 e. The molecule has 0 fully saturated rings. The van der Waals surface area contributed by atoms with Crippen LogP contribution >= 0.6 is 32.9 Å². The fourth-order valence-electron chi connectivity index (χ4n) is 2.99. The Kier molecular flexibility index (Phi) is 7.38. The first-order valence-corrected chi connectivity index (χ1v) is 13.3. The maximum atomic E-state index is 5.74. The molecule has 2 aromatic carbocycles. The van der Waals surface area contributed by atoms with Gasteiger partial charge in [0.1, 0.15) is 0 Å². The van der Waals surface area contributed by atoms with Crippen molar-refractivity contribution in [3.63, 3.8) is 0 Å². The van der Waals surface area contributed by atoms with Gasteiger partial charge in [0.05, 0.1) is 10.2 Å². The van der Waals surface area contributed by atoms with Gasteiger partial charge in [-0.05, 0) is 51.8 Å². The quantitative estimate of drug-likeness (QED) is 0.341. The Bertz CT molecular complexity index is 858. The van der Waals surface area contributed by atoms with E-state index in [0.717, 1.165) is 27.9 Å². The highest BCUT2D eigenvalue weighted by atomic mass is 33.1. The standard InChI is InChI=1S/C19H23NO3S3Si/c1-5-9-14-16(12-8-13-18(14)27(21-2,22-3)23-4)25-26-19-20-15-10-6-7-11-17(15)24-19/h6-8,10-13H,5,9H2,1-4H3. The largest absolute Gasteiger partial charge is 0.536 e. The van der Waals surface area contributed by atoms with Gasteiger partial charge in [-0.3, -0.25) is 0 Å². The van der Waals surface area contributed by atoms with E-state index in [1.807, 2.05) is 6.07 Å². The van der Waals surface area contributed by atoms with Crippen LogP contribution in [0, 0.1) is 0 Å². The van der Waals surface area contributed by atoms with E-state index in [4.69, 9.17) is 18.3 Å². The van der Waals surface area contributed by atoms with Crippen molar-refractivity contribution in [3.8, 4) is 0 Å². The number of hydrogen-bond acceptors (Lipinski definition) is 7. The fraction of sp³-hybridized carbons (Fsp3) is 0.316. The Morgan fingerprint density at radius 3 is 2.37 bits per heavy atom. The molecule has 1 aromatic heterocycles. The molecule has 1 heterocycles. The molecule has 0 amide bonds. The highest BCUT2D eigenvalue weighted by molar-refractivity contribution is 8.77. The van der Waals surface area contributed by atoms with Gasteiger partial charge in [0, 0.05) is 31.4 Å². The highest BCUT2D eigenvalue weighted by Crippen LogP contribution is 2.42. The Morgan fingerprint density at radius 2 is 1.70 bits per heavy atom. The van der Waals surface area contributed by atoms with E-state index in [2.05, 4.69) is 43.3 Å². The summed E-state index contributed by atoms with van der Waals surface area (Å²) in [5.41, 5.74) is 2.30. The van der Waals surface area contributed by atoms with Crippen LogP contribution in [0.25, 0.3) is 10.2 Å². The van der Waals surface area contributed by atoms with E-state index < -0.39 is 8.80 Å². The SMILES string of the molecule is CCCc1c(SSc2nc3ccccc3s2)cccc1[Si](OC)(OC)OC. The molecule has 0 bridgehead atoms. The number of benzene rings is 2. The molecule has 0 N–H and O–H groups in total. The van der Waals surface area contributed by atoms with Crippen LogP contribution in [0.1, 0.15) is 18.9 Å². The van der Waals surface area contributed by atoms with Crippen molar-refractivity contribution in [2.45, 2.75) is 29.0 Å². The van der Waals surface area contributed by atoms with Crippen molar-refractivity contribution in [1.29, 1.82) is 0 Å². The first kappa shape index (κ1) is 20.9. The molecule has 0 spiro atoms. The van der Waals surface area contributed by atoms with E-state index in [1.165, 1.54) is 15.2 Å². The van der Waals surface area contributed by atoms with Gasteiger partial charge < -0.3 is 13.3 Å². The summed E-state index contributed by atoms with van der Waals surface area (Å²) < 4.78 is 19.5. The predicted molar refractivity (Wildman–Crippen MR) is 118 cm³/mol. The van der Waals surface area contributed by atoms with Crippen molar-refractivity contribution >= 4 is 57.1 Å². The summed E-state index contributed by atoms with van der Waals surface area (Å²) >= 11 is 1.72. The second kappa shape index (κ2) is 9.55. The van der Waals surface area contributed by atoms with Crippen molar-refractivity contribution in [3.05, 3.63) is 48.0 Å². The molecule has 8 heteroatoms. The van der Waals surface area contributed by atoms with Gasteiger partial charge in [-0.25, -0.2) is 4.98 Å². The molecule has 0 radical (unpaired) electrons. The van der Waals surface area contributed by atoms with Crippen LogP contribution in [0.15, 0.2) is 51.7 Å². The first-order valence-electron chi connectivity index (χ1n) is 8.65. The highest BCUT2D eigenvalue weighted by Gasteiger charge is 2.43. The molecule has 144 valence electrons. The van der Waals surface area contributed by atoms with Gasteiger partial charge >= 0.3 is 8.80 Å². The average molecular weight is 438 g/mol. The van der Waals surface area contributed by atoms with Crippen LogP contribution in [-0.4, -0.2) is 35.1 Å². The third-order valence-corrected chi connectivity index (χ3v) is 10.8. The third-order valence-electron chi connectivity index (χ3n) is 4.25. The molecule has 0 atom stereocenters. The zero-order valence-electron chi connectivity index (χ0n) is 15.9. The minimum absolute atomic E-state index is 0.948. The Labute approximate surface area is 173 Å². The lowest BCUT2D eigenvalue weighted by atomic mass is 10.1. The molecule has 0 saturated carbocycles. The maximum Gasteiger partial charge on any atom is 0.536 e. The molecule has 27 heavy (non-hydrogen) atoms. The summed E-state index contributed by atoms with van der Waals surface area (Å²) in [5.74, 6) is 0. The Hall–Kier alpha value is -0.873. The second-order valence-electron chi connectivity index (χ2n) is 5.81. The van der Waals surface area contributed by atoms with E-state index in [9.17, 15) is 0 Å². The molecule has 0 unspecified atom stereocenters. The number of thiazole rings is 1. The molecule has 3 rings (SSSR count). The van der Waals surface area contributed by atoms with Crippen molar-refractivity contribution in [1.82, 2.24) is 4.98 Å². The summed E-state index contributed by atoms with van der Waals surface area (Å²) in [7, 11) is 5.53. The molecule has 0 aliphatic carbocycles. The van der Waals surface area contributed by atoms with E-state index in [1.54, 1.807) is 54.3 Å². The first-order chi connectivity index (χ1) is 13.2. The average Bonchev–Trinajstić information content (AvgIpc) is 3.13. The second-order valence-corrected chi connectivity index (χ2v) is 12.1. The van der Waals surface area contributed by atoms with Gasteiger partial charge in [0.25, 0.3) is 0 Å². The molecule has 0 aliphatic heterocycles. The van der Waals surface area contributed by atoms with Gasteiger partial charge in [-0.15, -0.1) is 11.3 Å². The van der Waals surface area contributed by atoms with Gasteiger partial charge in [-0.2, -0.15) is 0 Å². The van der Waals surface area contributed by atoms with Gasteiger partial charge in [0.2, 0.25) is 0 Å². The molecule has 4 nitrogen and oxygen atoms in total. The number of fused-ring (bicyclic) bond motifs is 1. The lowest BCUT2D eigenvalue weighted by Crippen LogP contribution is -2.56. The van der Waals surface area contributed by atoms with Gasteiger partial charge in [-0.1, -0.05) is 37.6 Å². The summed E-state index contributed by atoms with van der Waals surface area (Å²) in [4.78, 5) is 5.93. The predicted octanol–water partition coefficient (Wildman–Crippen LogP) is 5.13. The summed E-state index contributed by atoms with van der Waals surface area (Å²) in [6, 6.07) is 14.5. The maximum absolute atomic E-state index is 5.74. The van der Waals surface area contributed by atoms with Crippen LogP contribution < -0.4 is 5.19 Å². The lowest BCUT2D eigenvalue weighted by Gasteiger charge is -2.27. The molecule has 0 aliphatic rings. The lowest BCUT2D eigenvalue weighted by molar-refractivity contribution is 0.140. The molecular formula is C19H23NO3S3Si. The number of aromatic nitrogens is 1. The van der Waals surface area contributed by atoms with E-state index >= 15 is 0 Å². The van der Waals surface area contributed by atoms with Crippen LogP contribution in [-0.2, 0) is 19.7 Å². The van der Waals surface area contributed by atoms with Crippen LogP contribution in [0.4, 0.5) is 0 Å². The van der Waals surface area contributed by atoms with Gasteiger partial charge in [0.15, 0.2) is 4.34 Å². The third kappa shape index (κ3) is 4.42. The summed E-state index contributed by atoms with van der Waals surface area (Å²) in [6.45, 7) is 2.18. The minimum atomic E-state index is -2.88. The van der Waals surface area contributed by atoms with Crippen molar-refractivity contribution < 1.29 is 13.3 Å². The van der Waals surface area contributed by atoms with Crippen molar-refractivity contribution in [2.24, 2.45) is 0 Å². The van der Waals surface area contributed by atoms with Crippen LogP contribution in [0.5, 0.6) is 0 Å². The zero-order chi connectivity index (χ0) is 19.3. The molecule has 3 aromatic rings. The molecule has 0 saturated heterocycles. The zero-order valence-corrected chi connectivity index (χ0v) is 19.3. The normalized spacial score (nSPS) is 12.0. The smallest absolute Gasteiger partial charge is 0.373 e. The number of nitrogens with zero attached hydrogens (tertiary/aromatic N) is 1. The van der Waals surface area contributed by atoms with Crippen LogP contribution in [0.2, 0.25) is 0 Å². The number of hydrogen-bond donors (Lipinski definition) is 0. The van der Waals surface area contributed by atoms with Crippen molar-refractivity contribution in [2.75, 3.05) is 21.3 Å². The van der Waals surface area contributed by atoms with Crippen LogP contribution in [0.3, 0.4) is 0 Å². The summed E-state index contributed by atoms with van der Waals surface area (Å²) in [5, 5.41) is 1.05. The Morgan fingerprint density at radius 1 is 0.963 bits per heavy atom. The van der Waals surface area contributed by atoms with E-state index in [-0.39, 0.29) is 0 Å². The number of para-hydroxylation sites is 1. The Balaban J connectivity index is 1.91. The monoisotopic (exact) mass is 437 g/mol. The molecular weight excluding hydrogens is 415 g/mol. The number of rotatable bonds is 9.